The number of fused-ring (bicyclic) bond motifs is 1. The number of hydrogen-bond donors (Lipinski definition) is 0. The van der Waals surface area contributed by atoms with Gasteiger partial charge in [0.05, 0.1) is 30.4 Å². The Morgan fingerprint density at radius 3 is 2.55 bits per heavy atom. The van der Waals surface area contributed by atoms with Crippen LogP contribution in [0.5, 0.6) is 0 Å². The molecular weight excluding hydrogens is 428 g/mol. The number of benzene rings is 1. The number of allylic oxidation sites excluding steroid dienone is 3. The van der Waals surface area contributed by atoms with Crippen molar-refractivity contribution in [3.05, 3.63) is 46.5 Å². The fourth-order valence-corrected chi connectivity index (χ4v) is 3.89. The zero-order chi connectivity index (χ0) is 24.3. The summed E-state index contributed by atoms with van der Waals surface area (Å²) in [5.74, 6) is -1.05. The highest BCUT2D eigenvalue weighted by molar-refractivity contribution is 5.94. The number of nitrogens with zero attached hydrogens (tertiary/aromatic N) is 4. The molecule has 0 radical (unpaired) electrons. The summed E-state index contributed by atoms with van der Waals surface area (Å²) in [5, 5.41) is 7.94. The number of aromatic nitrogens is 2. The van der Waals surface area contributed by atoms with Crippen LogP contribution in [0.1, 0.15) is 39.2 Å². The fraction of sp³-hybridized carbons (Fsp3) is 0.478. The summed E-state index contributed by atoms with van der Waals surface area (Å²) >= 11 is 0. The van der Waals surface area contributed by atoms with Crippen molar-refractivity contribution in [2.45, 2.75) is 39.7 Å². The van der Waals surface area contributed by atoms with Crippen molar-refractivity contribution in [2.24, 2.45) is 0 Å². The highest BCUT2D eigenvalue weighted by Gasteiger charge is 2.40. The zero-order valence-electron chi connectivity index (χ0n) is 20.0. The molecule has 1 atom stereocenters. The number of rotatable bonds is 7. The predicted molar refractivity (Wildman–Crippen MR) is 120 cm³/mol. The molecule has 0 amide bonds. The van der Waals surface area contributed by atoms with Crippen LogP contribution in [0.25, 0.3) is 11.0 Å². The maximum absolute atomic E-state index is 13.1. The van der Waals surface area contributed by atoms with Crippen LogP contribution in [0.4, 0.5) is 4.79 Å². The number of hydrogen-bond acceptors (Lipinski definition) is 10. The van der Waals surface area contributed by atoms with E-state index in [0.717, 1.165) is 0 Å². The van der Waals surface area contributed by atoms with Crippen LogP contribution in [0.15, 0.2) is 45.6 Å². The second kappa shape index (κ2) is 10.0. The van der Waals surface area contributed by atoms with E-state index in [-0.39, 0.29) is 11.9 Å². The molecule has 1 aromatic heterocycles. The van der Waals surface area contributed by atoms with Crippen molar-refractivity contribution >= 4 is 23.2 Å². The van der Waals surface area contributed by atoms with Gasteiger partial charge in [-0.1, -0.05) is 12.1 Å². The van der Waals surface area contributed by atoms with Gasteiger partial charge in [0.25, 0.3) is 0 Å². The normalized spacial score (nSPS) is 16.8. The SMILES string of the molecule is COC(=O)C1=C(C)N(CCN(C)C)C(C)=C(OC(=O)OC(C)C)C1c1cccc2nonc12. The molecule has 0 saturated carbocycles. The number of ether oxygens (including phenoxy) is 3. The van der Waals surface area contributed by atoms with Crippen LogP contribution in [-0.4, -0.2) is 72.6 Å². The first-order valence-electron chi connectivity index (χ1n) is 10.7. The van der Waals surface area contributed by atoms with E-state index in [1.54, 1.807) is 32.0 Å². The Morgan fingerprint density at radius 1 is 1.18 bits per heavy atom. The minimum absolute atomic E-state index is 0.265. The average molecular weight is 459 g/mol. The van der Waals surface area contributed by atoms with Gasteiger partial charge in [-0.2, -0.15) is 0 Å². The summed E-state index contributed by atoms with van der Waals surface area (Å²) in [6.07, 6.45) is -1.23. The van der Waals surface area contributed by atoms with Crippen LogP contribution in [0.3, 0.4) is 0 Å². The van der Waals surface area contributed by atoms with E-state index < -0.39 is 18.0 Å². The maximum atomic E-state index is 13.1. The molecule has 178 valence electrons. The number of esters is 1. The van der Waals surface area contributed by atoms with Gasteiger partial charge in [-0.05, 0) is 63.7 Å². The van der Waals surface area contributed by atoms with E-state index >= 15 is 0 Å². The van der Waals surface area contributed by atoms with E-state index in [9.17, 15) is 9.59 Å². The second-order valence-corrected chi connectivity index (χ2v) is 8.33. The zero-order valence-corrected chi connectivity index (χ0v) is 20.0. The van der Waals surface area contributed by atoms with Gasteiger partial charge in [0, 0.05) is 18.8 Å². The molecule has 0 aliphatic carbocycles. The lowest BCUT2D eigenvalue weighted by Crippen LogP contribution is -2.37. The van der Waals surface area contributed by atoms with Crippen LogP contribution in [0, 0.1) is 0 Å². The van der Waals surface area contributed by atoms with E-state index in [1.165, 1.54) is 7.11 Å². The number of carbonyl (C=O) groups is 2. The molecule has 0 spiro atoms. The van der Waals surface area contributed by atoms with Crippen molar-refractivity contribution in [2.75, 3.05) is 34.3 Å². The molecule has 10 heteroatoms. The fourth-order valence-electron chi connectivity index (χ4n) is 3.89. The molecule has 2 aromatic rings. The minimum atomic E-state index is -0.855. The second-order valence-electron chi connectivity index (χ2n) is 8.33. The largest absolute Gasteiger partial charge is 0.513 e. The smallest absolute Gasteiger partial charge is 0.466 e. The third kappa shape index (κ3) is 5.00. The Labute approximate surface area is 192 Å². The maximum Gasteiger partial charge on any atom is 0.513 e. The molecule has 1 unspecified atom stereocenters. The van der Waals surface area contributed by atoms with E-state index in [4.69, 9.17) is 18.8 Å². The molecule has 1 aliphatic heterocycles. The summed E-state index contributed by atoms with van der Waals surface area (Å²) in [7, 11) is 5.24. The van der Waals surface area contributed by atoms with Crippen LogP contribution >= 0.6 is 0 Å². The molecule has 0 fully saturated rings. The van der Waals surface area contributed by atoms with Gasteiger partial charge in [0.2, 0.25) is 0 Å². The van der Waals surface area contributed by atoms with Crippen LogP contribution < -0.4 is 0 Å². The summed E-state index contributed by atoms with van der Waals surface area (Å²) < 4.78 is 21.1. The average Bonchev–Trinajstić information content (AvgIpc) is 3.23. The van der Waals surface area contributed by atoms with Crippen molar-refractivity contribution in [1.82, 2.24) is 20.1 Å². The molecule has 33 heavy (non-hydrogen) atoms. The van der Waals surface area contributed by atoms with E-state index in [1.807, 2.05) is 37.7 Å². The number of likely N-dealkylation sites (N-methyl/N-ethyl adjacent to an activating group) is 1. The van der Waals surface area contributed by atoms with Gasteiger partial charge in [-0.25, -0.2) is 14.2 Å². The summed E-state index contributed by atoms with van der Waals surface area (Å²) in [6, 6.07) is 5.33. The predicted octanol–water partition coefficient (Wildman–Crippen LogP) is 3.42. The highest BCUT2D eigenvalue weighted by atomic mass is 16.7. The van der Waals surface area contributed by atoms with Crippen molar-refractivity contribution in [1.29, 1.82) is 0 Å². The molecule has 1 aromatic carbocycles. The Hall–Kier alpha value is -3.40. The van der Waals surface area contributed by atoms with Gasteiger partial charge in [-0.15, -0.1) is 0 Å². The Morgan fingerprint density at radius 2 is 1.91 bits per heavy atom. The quantitative estimate of drug-likeness (QED) is 0.573. The van der Waals surface area contributed by atoms with Crippen molar-refractivity contribution in [3.8, 4) is 0 Å². The van der Waals surface area contributed by atoms with Gasteiger partial charge >= 0.3 is 12.1 Å². The summed E-state index contributed by atoms with van der Waals surface area (Å²) in [5.41, 5.74) is 3.30. The monoisotopic (exact) mass is 458 g/mol. The van der Waals surface area contributed by atoms with E-state index in [2.05, 4.69) is 10.3 Å². The number of methoxy groups -OCH3 is 1. The standard InChI is InChI=1S/C23H30N4O6/c1-13(2)31-23(29)32-21-15(4)27(12-11-26(5)6)14(3)18(22(28)30-7)19(21)16-9-8-10-17-20(16)25-33-24-17/h8-10,13,19H,11-12H2,1-7H3. The lowest BCUT2D eigenvalue weighted by atomic mass is 9.83. The molecule has 0 saturated heterocycles. The first kappa shape index (κ1) is 24.2. The summed E-state index contributed by atoms with van der Waals surface area (Å²) in [4.78, 5) is 29.6. The summed E-state index contributed by atoms with van der Waals surface area (Å²) in [6.45, 7) is 8.44. The van der Waals surface area contributed by atoms with Crippen molar-refractivity contribution < 1.29 is 28.4 Å². The third-order valence-electron chi connectivity index (χ3n) is 5.44. The van der Waals surface area contributed by atoms with Crippen LogP contribution in [-0.2, 0) is 19.0 Å². The Kier molecular flexibility index (Phi) is 7.37. The molecule has 3 rings (SSSR count). The van der Waals surface area contributed by atoms with Gasteiger partial charge in [0.1, 0.15) is 16.8 Å². The van der Waals surface area contributed by atoms with Gasteiger partial charge in [0.15, 0.2) is 0 Å². The third-order valence-corrected chi connectivity index (χ3v) is 5.44. The molecule has 0 bridgehead atoms. The van der Waals surface area contributed by atoms with Crippen LogP contribution in [0.2, 0.25) is 0 Å². The topological polar surface area (TPSA) is 107 Å². The highest BCUT2D eigenvalue weighted by Crippen LogP contribution is 2.44. The first-order valence-corrected chi connectivity index (χ1v) is 10.7. The van der Waals surface area contributed by atoms with Gasteiger partial charge < -0.3 is 24.0 Å². The molecule has 10 nitrogen and oxygen atoms in total. The number of carbonyl (C=O) groups excluding carboxylic acids is 2. The Bertz CT molecular complexity index is 1100. The molecule has 0 N–H and O–H groups in total. The Balaban J connectivity index is 2.22. The van der Waals surface area contributed by atoms with Gasteiger partial charge in [-0.3, -0.25) is 0 Å². The molecular formula is C23H30N4O6. The minimum Gasteiger partial charge on any atom is -0.466 e. The first-order chi connectivity index (χ1) is 15.6. The molecule has 1 aliphatic rings. The lowest BCUT2D eigenvalue weighted by molar-refractivity contribution is -0.136. The molecule has 2 heterocycles. The van der Waals surface area contributed by atoms with Crippen molar-refractivity contribution in [3.63, 3.8) is 0 Å². The lowest BCUT2D eigenvalue weighted by Gasteiger charge is -2.38. The van der Waals surface area contributed by atoms with E-state index in [0.29, 0.717) is 46.7 Å².